The molecule has 0 aliphatic heterocycles. The van der Waals surface area contributed by atoms with Gasteiger partial charge in [0, 0.05) is 11.1 Å². The Kier molecular flexibility index (Phi) is 2.68. The molecule has 1 aromatic carbocycles. The summed E-state index contributed by atoms with van der Waals surface area (Å²) in [6.45, 7) is 0. The number of rotatable bonds is 2. The average Bonchev–Trinajstić information content (AvgIpc) is 2.48. The molecule has 102 valence electrons. The molecule has 2 N–H and O–H groups in total. The summed E-state index contributed by atoms with van der Waals surface area (Å²) < 4.78 is 59.2. The number of carbonyl (C=O) groups is 2. The zero-order chi connectivity index (χ0) is 14.6. The molecule has 1 aromatic rings. The maximum absolute atomic E-state index is 11.9. The van der Waals surface area contributed by atoms with Gasteiger partial charge in [-0.3, -0.25) is 18.7 Å². The van der Waals surface area contributed by atoms with Crippen LogP contribution in [0.2, 0.25) is 0 Å². The topological polar surface area (TPSA) is 143 Å². The third-order valence-corrected chi connectivity index (χ3v) is 6.20. The van der Waals surface area contributed by atoms with Gasteiger partial charge in [-0.2, -0.15) is 16.8 Å². The van der Waals surface area contributed by atoms with Crippen molar-refractivity contribution in [3.05, 3.63) is 35.4 Å². The minimum atomic E-state index is -5.72. The van der Waals surface area contributed by atoms with Crippen molar-refractivity contribution in [2.24, 2.45) is 0 Å². The lowest BCUT2D eigenvalue weighted by molar-refractivity contribution is 0.0899. The Morgan fingerprint density at radius 1 is 0.789 bits per heavy atom. The first kappa shape index (κ1) is 13.8. The molecule has 0 saturated heterocycles. The predicted molar refractivity (Wildman–Crippen MR) is 60.9 cm³/mol. The van der Waals surface area contributed by atoms with Crippen molar-refractivity contribution in [2.75, 3.05) is 0 Å². The lowest BCUT2D eigenvalue weighted by Gasteiger charge is -2.18. The number of ketones is 2. The summed E-state index contributed by atoms with van der Waals surface area (Å²) in [5, 5.41) is 0. The van der Waals surface area contributed by atoms with Gasteiger partial charge in [-0.1, -0.05) is 24.3 Å². The fourth-order valence-electron chi connectivity index (χ4n) is 1.94. The molecule has 0 atom stereocenters. The first-order chi connectivity index (χ1) is 8.55. The largest absolute Gasteiger partial charge is 0.345 e. The molecule has 1 aliphatic rings. The molecule has 0 bridgehead atoms. The van der Waals surface area contributed by atoms with Crippen LogP contribution in [-0.4, -0.2) is 41.6 Å². The van der Waals surface area contributed by atoms with Gasteiger partial charge in [-0.15, -0.1) is 0 Å². The van der Waals surface area contributed by atoms with Crippen molar-refractivity contribution in [3.8, 4) is 0 Å². The normalized spacial score (nSPS) is 18.4. The quantitative estimate of drug-likeness (QED) is 0.551. The van der Waals surface area contributed by atoms with Crippen molar-refractivity contribution in [3.63, 3.8) is 0 Å². The minimum absolute atomic E-state index is 0.497. The molecule has 8 nitrogen and oxygen atoms in total. The highest BCUT2D eigenvalue weighted by Gasteiger charge is 2.71. The van der Waals surface area contributed by atoms with Gasteiger partial charge in [0.25, 0.3) is 0 Å². The number of fused-ring (bicyclic) bond motifs is 1. The molecule has 0 saturated carbocycles. The maximum atomic E-state index is 11.9. The standard InChI is InChI=1S/C9H6O8S2/c10-7-5-3-1-2-4-6(5)8(11)9(7,18(12,13)14)19(15,16)17/h1-4H,(H,12,13,14)(H,15,16,17). The Balaban J connectivity index is 2.99. The summed E-state index contributed by atoms with van der Waals surface area (Å²) in [6.07, 6.45) is 0. The van der Waals surface area contributed by atoms with Crippen molar-refractivity contribution < 1.29 is 35.5 Å². The van der Waals surface area contributed by atoms with Gasteiger partial charge in [-0.25, -0.2) is 0 Å². The fraction of sp³-hybridized carbons (Fsp3) is 0.111. The number of hydrogen-bond acceptors (Lipinski definition) is 6. The molecule has 0 aromatic heterocycles. The molecule has 0 spiro atoms. The molecule has 0 fully saturated rings. The van der Waals surface area contributed by atoms with E-state index in [1.165, 1.54) is 12.1 Å². The van der Waals surface area contributed by atoms with Gasteiger partial charge in [0.05, 0.1) is 0 Å². The van der Waals surface area contributed by atoms with Crippen molar-refractivity contribution in [1.29, 1.82) is 0 Å². The van der Waals surface area contributed by atoms with Crippen LogP contribution in [0.15, 0.2) is 24.3 Å². The molecule has 10 heteroatoms. The number of carbonyl (C=O) groups excluding carboxylic acids is 2. The van der Waals surface area contributed by atoms with Crippen LogP contribution in [0.5, 0.6) is 0 Å². The highest BCUT2D eigenvalue weighted by molar-refractivity contribution is 8.08. The van der Waals surface area contributed by atoms with E-state index >= 15 is 0 Å². The van der Waals surface area contributed by atoms with Gasteiger partial charge >= 0.3 is 24.3 Å². The lowest BCUT2D eigenvalue weighted by atomic mass is 10.1. The van der Waals surface area contributed by atoms with Crippen molar-refractivity contribution in [2.45, 2.75) is 4.08 Å². The Labute approximate surface area is 107 Å². The van der Waals surface area contributed by atoms with Crippen LogP contribution < -0.4 is 0 Å². The van der Waals surface area contributed by atoms with E-state index in [0.717, 1.165) is 12.1 Å². The lowest BCUT2D eigenvalue weighted by Crippen LogP contribution is -2.55. The van der Waals surface area contributed by atoms with Gasteiger partial charge in [0.2, 0.25) is 11.6 Å². The van der Waals surface area contributed by atoms with Gasteiger partial charge in [-0.05, 0) is 0 Å². The van der Waals surface area contributed by atoms with E-state index in [0.29, 0.717) is 0 Å². The second-order valence-corrected chi connectivity index (χ2v) is 7.15. The first-order valence-corrected chi connectivity index (χ1v) is 7.56. The summed E-state index contributed by atoms with van der Waals surface area (Å²) >= 11 is 0. The van der Waals surface area contributed by atoms with Crippen LogP contribution in [-0.2, 0) is 20.2 Å². The van der Waals surface area contributed by atoms with E-state index in [9.17, 15) is 26.4 Å². The first-order valence-electron chi connectivity index (χ1n) is 4.68. The van der Waals surface area contributed by atoms with Crippen molar-refractivity contribution >= 4 is 31.8 Å². The smallest absolute Gasteiger partial charge is 0.290 e. The summed E-state index contributed by atoms with van der Waals surface area (Å²) in [5.74, 6) is -3.39. The van der Waals surface area contributed by atoms with E-state index in [4.69, 9.17) is 9.11 Å². The monoisotopic (exact) mass is 306 g/mol. The highest BCUT2D eigenvalue weighted by Crippen LogP contribution is 2.39. The number of hydrogen-bond donors (Lipinski definition) is 2. The van der Waals surface area contributed by atoms with E-state index in [-0.39, 0.29) is 0 Å². The van der Waals surface area contributed by atoms with E-state index < -0.39 is 47.0 Å². The van der Waals surface area contributed by atoms with E-state index in [1.54, 1.807) is 0 Å². The Morgan fingerprint density at radius 2 is 1.11 bits per heavy atom. The van der Waals surface area contributed by atoms with Gasteiger partial charge < -0.3 is 0 Å². The summed E-state index contributed by atoms with van der Waals surface area (Å²) in [5.41, 5.74) is -0.995. The number of benzene rings is 1. The molecule has 0 unspecified atom stereocenters. The second-order valence-electron chi connectivity index (χ2n) is 3.77. The molecule has 1 aliphatic carbocycles. The van der Waals surface area contributed by atoms with Crippen LogP contribution in [0.4, 0.5) is 0 Å². The molecule has 0 heterocycles. The van der Waals surface area contributed by atoms with E-state index in [1.807, 2.05) is 0 Å². The summed E-state index contributed by atoms with van der Waals surface area (Å²) in [4.78, 5) is 23.8. The molecular weight excluding hydrogens is 300 g/mol. The van der Waals surface area contributed by atoms with Gasteiger partial charge in [0.15, 0.2) is 0 Å². The van der Waals surface area contributed by atoms with Crippen LogP contribution in [0.3, 0.4) is 0 Å². The van der Waals surface area contributed by atoms with Crippen LogP contribution in [0.25, 0.3) is 0 Å². The zero-order valence-corrected chi connectivity index (χ0v) is 10.6. The molecule has 0 radical (unpaired) electrons. The Bertz CT molecular complexity index is 733. The number of Topliss-reactive ketones (excluding diaryl/α,β-unsaturated/α-hetero) is 2. The maximum Gasteiger partial charge on any atom is 0.345 e. The fourth-order valence-corrected chi connectivity index (χ4v) is 4.38. The Hall–Kier alpha value is -1.62. The molecule has 2 rings (SSSR count). The third-order valence-electron chi connectivity index (χ3n) is 2.74. The molecular formula is C9H6O8S2. The average molecular weight is 306 g/mol. The second kappa shape index (κ2) is 3.70. The van der Waals surface area contributed by atoms with Crippen LogP contribution in [0.1, 0.15) is 20.7 Å². The van der Waals surface area contributed by atoms with E-state index in [2.05, 4.69) is 0 Å². The molecule has 19 heavy (non-hydrogen) atoms. The van der Waals surface area contributed by atoms with Gasteiger partial charge in [0.1, 0.15) is 0 Å². The highest BCUT2D eigenvalue weighted by atomic mass is 32.3. The predicted octanol–water partition coefficient (Wildman–Crippen LogP) is -0.462. The Morgan fingerprint density at radius 3 is 1.37 bits per heavy atom. The summed E-state index contributed by atoms with van der Waals surface area (Å²) in [6, 6.07) is 4.59. The van der Waals surface area contributed by atoms with Crippen LogP contribution in [0, 0.1) is 0 Å². The minimum Gasteiger partial charge on any atom is -0.290 e. The van der Waals surface area contributed by atoms with Crippen LogP contribution >= 0.6 is 0 Å². The zero-order valence-electron chi connectivity index (χ0n) is 8.97. The summed E-state index contributed by atoms with van der Waals surface area (Å²) in [7, 11) is -11.4. The SMILES string of the molecule is O=C1c2ccccc2C(=O)C1(S(=O)(=O)O)S(=O)(=O)O. The molecule has 0 amide bonds. The third kappa shape index (κ3) is 1.51. The van der Waals surface area contributed by atoms with Crippen molar-refractivity contribution in [1.82, 2.24) is 0 Å².